The van der Waals surface area contributed by atoms with Crippen LogP contribution in [-0.2, 0) is 16.1 Å². The third-order valence-electron chi connectivity index (χ3n) is 4.72. The maximum atomic E-state index is 12.7. The molecule has 0 radical (unpaired) electrons. The van der Waals surface area contributed by atoms with Crippen LogP contribution in [0.2, 0.25) is 0 Å². The molecule has 2 atom stereocenters. The second-order valence-electron chi connectivity index (χ2n) is 6.45. The van der Waals surface area contributed by atoms with Crippen LogP contribution in [0, 0.1) is 5.92 Å². The lowest BCUT2D eigenvalue weighted by Gasteiger charge is -2.23. The lowest BCUT2D eigenvalue weighted by Crippen LogP contribution is -2.39. The fourth-order valence-electron chi connectivity index (χ4n) is 3.29. The quantitative estimate of drug-likeness (QED) is 0.852. The van der Waals surface area contributed by atoms with Crippen LogP contribution in [0.3, 0.4) is 0 Å². The molecule has 0 unspecified atom stereocenters. The van der Waals surface area contributed by atoms with Crippen LogP contribution < -0.4 is 5.32 Å². The van der Waals surface area contributed by atoms with Crippen molar-refractivity contribution in [2.45, 2.75) is 32.4 Å². The van der Waals surface area contributed by atoms with Gasteiger partial charge < -0.3 is 10.1 Å². The molecule has 2 amide bonds. The number of amides is 2. The molecule has 3 rings (SSSR count). The highest BCUT2D eigenvalue weighted by Crippen LogP contribution is 2.26. The molecule has 2 aromatic rings. The first-order chi connectivity index (χ1) is 12.7. The maximum Gasteiger partial charge on any atom is 0.416 e. The lowest BCUT2D eigenvalue weighted by atomic mass is 9.95. The number of nitrogens with one attached hydrogen (secondary N) is 1. The van der Waals surface area contributed by atoms with Gasteiger partial charge in [-0.3, -0.25) is 4.79 Å². The molecule has 1 saturated heterocycles. The summed E-state index contributed by atoms with van der Waals surface area (Å²) in [6.45, 7) is 2.63. The third kappa shape index (κ3) is 4.23. The number of likely N-dealkylation sites (tertiary alicyclic amines) is 1. The van der Waals surface area contributed by atoms with E-state index in [1.807, 2.05) is 67.6 Å². The molecule has 1 fully saturated rings. The van der Waals surface area contributed by atoms with Crippen LogP contribution in [-0.4, -0.2) is 29.5 Å². The van der Waals surface area contributed by atoms with E-state index in [0.29, 0.717) is 13.0 Å². The smallest absolute Gasteiger partial charge is 0.416 e. The van der Waals surface area contributed by atoms with E-state index in [0.717, 1.165) is 17.7 Å². The standard InChI is InChI=1S/C21H24N2O3/c1-2-19(22-17-11-7-4-8-12-17)18-13-14-23(20(18)24)21(25)26-15-16-9-5-3-6-10-16/h3-12,18-19,22H,2,13-15H2,1H3/t18-,19+/m1/s1. The molecule has 1 aliphatic rings. The number of para-hydroxylation sites is 1. The number of imide groups is 1. The molecule has 0 saturated carbocycles. The number of benzene rings is 2. The van der Waals surface area contributed by atoms with Crippen LogP contribution in [0.1, 0.15) is 25.3 Å². The zero-order chi connectivity index (χ0) is 18.4. The molecular weight excluding hydrogens is 328 g/mol. The van der Waals surface area contributed by atoms with Gasteiger partial charge in [0.15, 0.2) is 0 Å². The number of hydrogen-bond donors (Lipinski definition) is 1. The molecule has 26 heavy (non-hydrogen) atoms. The Hall–Kier alpha value is -2.82. The Bertz CT molecular complexity index is 733. The number of rotatable bonds is 6. The Balaban J connectivity index is 1.58. The van der Waals surface area contributed by atoms with Crippen LogP contribution >= 0.6 is 0 Å². The summed E-state index contributed by atoms with van der Waals surface area (Å²) in [5, 5.41) is 3.42. The Morgan fingerprint density at radius 2 is 1.81 bits per heavy atom. The van der Waals surface area contributed by atoms with Gasteiger partial charge in [-0.2, -0.15) is 0 Å². The fourth-order valence-corrected chi connectivity index (χ4v) is 3.29. The second-order valence-corrected chi connectivity index (χ2v) is 6.45. The highest BCUT2D eigenvalue weighted by Gasteiger charge is 2.40. The van der Waals surface area contributed by atoms with Gasteiger partial charge in [0.25, 0.3) is 0 Å². The van der Waals surface area contributed by atoms with E-state index in [4.69, 9.17) is 4.74 Å². The minimum absolute atomic E-state index is 0.00294. The summed E-state index contributed by atoms with van der Waals surface area (Å²) in [6.07, 6.45) is 0.895. The van der Waals surface area contributed by atoms with Gasteiger partial charge in [-0.1, -0.05) is 55.5 Å². The van der Waals surface area contributed by atoms with E-state index in [-0.39, 0.29) is 24.5 Å². The molecule has 0 bridgehead atoms. The van der Waals surface area contributed by atoms with Crippen molar-refractivity contribution in [3.05, 3.63) is 66.2 Å². The SMILES string of the molecule is CC[C@H](Nc1ccccc1)[C@H]1CCN(C(=O)OCc2ccccc2)C1=O. The summed E-state index contributed by atoms with van der Waals surface area (Å²) in [5.41, 5.74) is 1.89. The average molecular weight is 352 g/mol. The summed E-state index contributed by atoms with van der Waals surface area (Å²) < 4.78 is 5.31. The largest absolute Gasteiger partial charge is 0.444 e. The van der Waals surface area contributed by atoms with E-state index >= 15 is 0 Å². The molecule has 1 heterocycles. The van der Waals surface area contributed by atoms with Crippen molar-refractivity contribution in [1.82, 2.24) is 4.90 Å². The number of ether oxygens (including phenoxy) is 1. The lowest BCUT2D eigenvalue weighted by molar-refractivity contribution is -0.130. The predicted molar refractivity (Wildman–Crippen MR) is 101 cm³/mol. The predicted octanol–water partition coefficient (Wildman–Crippen LogP) is 4.06. The number of nitrogens with zero attached hydrogens (tertiary/aromatic N) is 1. The van der Waals surface area contributed by atoms with Gasteiger partial charge in [-0.15, -0.1) is 0 Å². The Morgan fingerprint density at radius 3 is 2.46 bits per heavy atom. The Kier molecular flexibility index (Phi) is 5.89. The Labute approximate surface area is 154 Å². The monoisotopic (exact) mass is 352 g/mol. The molecule has 0 aliphatic carbocycles. The first-order valence-electron chi connectivity index (χ1n) is 9.02. The minimum atomic E-state index is -0.559. The summed E-state index contributed by atoms with van der Waals surface area (Å²) >= 11 is 0. The van der Waals surface area contributed by atoms with E-state index < -0.39 is 6.09 Å². The first kappa shape index (κ1) is 18.0. The minimum Gasteiger partial charge on any atom is -0.444 e. The van der Waals surface area contributed by atoms with E-state index in [2.05, 4.69) is 5.32 Å². The highest BCUT2D eigenvalue weighted by atomic mass is 16.6. The highest BCUT2D eigenvalue weighted by molar-refractivity contribution is 5.95. The number of carbonyl (C=O) groups excluding carboxylic acids is 2. The summed E-state index contributed by atoms with van der Waals surface area (Å²) in [7, 11) is 0. The second kappa shape index (κ2) is 8.52. The van der Waals surface area contributed by atoms with Gasteiger partial charge in [-0.25, -0.2) is 9.69 Å². The number of carbonyl (C=O) groups is 2. The molecule has 1 aliphatic heterocycles. The molecular formula is C21H24N2O3. The van der Waals surface area contributed by atoms with Crippen LogP contribution in [0.4, 0.5) is 10.5 Å². The van der Waals surface area contributed by atoms with Crippen LogP contribution in [0.25, 0.3) is 0 Å². The fraction of sp³-hybridized carbons (Fsp3) is 0.333. The average Bonchev–Trinajstić information content (AvgIpc) is 3.07. The maximum absolute atomic E-state index is 12.7. The third-order valence-corrected chi connectivity index (χ3v) is 4.72. The molecule has 5 nitrogen and oxygen atoms in total. The van der Waals surface area contributed by atoms with Crippen molar-refractivity contribution < 1.29 is 14.3 Å². The van der Waals surface area contributed by atoms with Gasteiger partial charge >= 0.3 is 6.09 Å². The molecule has 0 aromatic heterocycles. The van der Waals surface area contributed by atoms with Gasteiger partial charge in [0.1, 0.15) is 6.61 Å². The molecule has 1 N–H and O–H groups in total. The van der Waals surface area contributed by atoms with Crippen LogP contribution in [0.5, 0.6) is 0 Å². The zero-order valence-corrected chi connectivity index (χ0v) is 14.9. The van der Waals surface area contributed by atoms with Crippen molar-refractivity contribution in [2.24, 2.45) is 5.92 Å². The van der Waals surface area contributed by atoms with Crippen LogP contribution in [0.15, 0.2) is 60.7 Å². The topological polar surface area (TPSA) is 58.6 Å². The molecule has 136 valence electrons. The molecule has 0 spiro atoms. The van der Waals surface area contributed by atoms with Gasteiger partial charge in [0.2, 0.25) is 5.91 Å². The van der Waals surface area contributed by atoms with Crippen molar-refractivity contribution in [1.29, 1.82) is 0 Å². The van der Waals surface area contributed by atoms with E-state index in [9.17, 15) is 9.59 Å². The van der Waals surface area contributed by atoms with Crippen molar-refractivity contribution in [3.63, 3.8) is 0 Å². The van der Waals surface area contributed by atoms with E-state index in [1.165, 1.54) is 4.90 Å². The van der Waals surface area contributed by atoms with Crippen molar-refractivity contribution in [3.8, 4) is 0 Å². The number of anilines is 1. The summed E-state index contributed by atoms with van der Waals surface area (Å²) in [6, 6.07) is 19.3. The zero-order valence-electron chi connectivity index (χ0n) is 14.9. The van der Waals surface area contributed by atoms with Gasteiger partial charge in [0.05, 0.1) is 5.92 Å². The van der Waals surface area contributed by atoms with Crippen molar-refractivity contribution in [2.75, 3.05) is 11.9 Å². The molecule has 2 aromatic carbocycles. The van der Waals surface area contributed by atoms with Gasteiger partial charge in [-0.05, 0) is 30.5 Å². The number of hydrogen-bond acceptors (Lipinski definition) is 4. The van der Waals surface area contributed by atoms with Gasteiger partial charge in [0, 0.05) is 18.3 Å². The van der Waals surface area contributed by atoms with E-state index in [1.54, 1.807) is 0 Å². The summed E-state index contributed by atoms with van der Waals surface area (Å²) in [5.74, 6) is -0.372. The normalized spacial score (nSPS) is 17.8. The Morgan fingerprint density at radius 1 is 1.15 bits per heavy atom. The molecule has 5 heteroatoms. The summed E-state index contributed by atoms with van der Waals surface area (Å²) in [4.78, 5) is 26.3. The van der Waals surface area contributed by atoms with Crippen molar-refractivity contribution >= 4 is 17.7 Å². The first-order valence-corrected chi connectivity index (χ1v) is 9.02.